The highest BCUT2D eigenvalue weighted by Gasteiger charge is 2.41. The molecule has 3 rings (SSSR count). The summed E-state index contributed by atoms with van der Waals surface area (Å²) in [5, 5.41) is 9.31. The molecule has 0 aromatic heterocycles. The van der Waals surface area contributed by atoms with Crippen LogP contribution in [-0.2, 0) is 0 Å². The molecule has 0 aliphatic carbocycles. The molecule has 1 saturated heterocycles. The maximum Gasteiger partial charge on any atom is 0.336 e. The normalized spacial score (nSPS) is 24.9. The van der Waals surface area contributed by atoms with Crippen molar-refractivity contribution in [2.75, 3.05) is 39.8 Å². The van der Waals surface area contributed by atoms with Gasteiger partial charge in [0.2, 0.25) is 0 Å². The van der Waals surface area contributed by atoms with Crippen molar-refractivity contribution in [1.82, 2.24) is 9.80 Å². The van der Waals surface area contributed by atoms with Gasteiger partial charge < -0.3 is 19.5 Å². The molecule has 23 heavy (non-hydrogen) atoms. The Balaban J connectivity index is 1.81. The smallest absolute Gasteiger partial charge is 0.336 e. The molecule has 6 nitrogen and oxygen atoms in total. The van der Waals surface area contributed by atoms with Crippen molar-refractivity contribution in [2.45, 2.75) is 19.6 Å². The second-order valence-electron chi connectivity index (χ2n) is 6.41. The molecular weight excluding hydrogens is 364 g/mol. The van der Waals surface area contributed by atoms with Crippen LogP contribution < -0.4 is 9.47 Å². The molecule has 1 N–H and O–H groups in total. The molecule has 2 aliphatic rings. The van der Waals surface area contributed by atoms with E-state index >= 15 is 0 Å². The Morgan fingerprint density at radius 1 is 1.30 bits per heavy atom. The minimum absolute atomic E-state index is 0.225. The largest absolute Gasteiger partial charge is 0.478 e. The molecule has 1 unspecified atom stereocenters. The van der Waals surface area contributed by atoms with Crippen LogP contribution in [-0.4, -0.2) is 66.4 Å². The summed E-state index contributed by atoms with van der Waals surface area (Å²) in [5.74, 6) is -0.664. The van der Waals surface area contributed by atoms with Crippen LogP contribution in [0.3, 0.4) is 0 Å². The number of likely N-dealkylation sites (N-methyl/N-ethyl adjacent to an activating group) is 1. The lowest BCUT2D eigenvalue weighted by Gasteiger charge is -2.36. The summed E-state index contributed by atoms with van der Waals surface area (Å²) in [6, 6.07) is 1.57. The van der Waals surface area contributed by atoms with E-state index in [0.29, 0.717) is 28.1 Å². The second kappa shape index (κ2) is 5.96. The SMILES string of the molecule is Cc1c(C(=O)O)cc(Br)c2c1OC(C)(CN1CCN(C)CC1)O2. The lowest BCUT2D eigenvalue weighted by Crippen LogP contribution is -2.53. The predicted molar refractivity (Wildman–Crippen MR) is 89.4 cm³/mol. The van der Waals surface area contributed by atoms with E-state index in [2.05, 4.69) is 32.8 Å². The van der Waals surface area contributed by atoms with Crippen molar-refractivity contribution in [1.29, 1.82) is 0 Å². The van der Waals surface area contributed by atoms with Crippen LogP contribution in [0.5, 0.6) is 11.5 Å². The van der Waals surface area contributed by atoms with Crippen molar-refractivity contribution >= 4 is 21.9 Å². The number of aromatic carboxylic acids is 1. The second-order valence-corrected chi connectivity index (χ2v) is 7.27. The molecule has 2 heterocycles. The molecule has 7 heteroatoms. The summed E-state index contributed by atoms with van der Waals surface area (Å²) < 4.78 is 12.7. The molecule has 126 valence electrons. The fourth-order valence-corrected chi connectivity index (χ4v) is 3.56. The number of piperazine rings is 1. The molecular formula is C16H21BrN2O4. The lowest BCUT2D eigenvalue weighted by molar-refractivity contribution is -0.0892. The molecule has 0 bridgehead atoms. The number of fused-ring (bicyclic) bond motifs is 1. The molecule has 0 spiro atoms. The van der Waals surface area contributed by atoms with E-state index < -0.39 is 11.8 Å². The Labute approximate surface area is 144 Å². The predicted octanol–water partition coefficient (Wildman–Crippen LogP) is 2.19. The minimum atomic E-state index is -0.970. The Morgan fingerprint density at radius 3 is 2.52 bits per heavy atom. The first kappa shape index (κ1) is 16.5. The van der Waals surface area contributed by atoms with Crippen LogP contribution in [0.15, 0.2) is 10.5 Å². The topological polar surface area (TPSA) is 62.2 Å². The summed E-state index contributed by atoms with van der Waals surface area (Å²) in [5.41, 5.74) is 0.820. The molecule has 0 saturated carbocycles. The monoisotopic (exact) mass is 384 g/mol. The molecule has 1 aromatic rings. The molecule has 1 aromatic carbocycles. The minimum Gasteiger partial charge on any atom is -0.478 e. The summed E-state index contributed by atoms with van der Waals surface area (Å²) in [4.78, 5) is 16.0. The number of benzene rings is 1. The van der Waals surface area contributed by atoms with E-state index in [1.807, 2.05) is 6.92 Å². The zero-order chi connectivity index (χ0) is 16.8. The zero-order valence-electron chi connectivity index (χ0n) is 13.6. The van der Waals surface area contributed by atoms with Gasteiger partial charge in [0, 0.05) is 38.7 Å². The quantitative estimate of drug-likeness (QED) is 0.861. The number of halogens is 1. The summed E-state index contributed by atoms with van der Waals surface area (Å²) in [6.07, 6.45) is 0. The van der Waals surface area contributed by atoms with Crippen molar-refractivity contribution in [3.05, 3.63) is 21.7 Å². The van der Waals surface area contributed by atoms with E-state index in [9.17, 15) is 9.90 Å². The van der Waals surface area contributed by atoms with Gasteiger partial charge in [0.25, 0.3) is 5.79 Å². The number of carboxylic acid groups (broad SMARTS) is 1. The molecule has 1 fully saturated rings. The first-order valence-corrected chi connectivity index (χ1v) is 8.44. The van der Waals surface area contributed by atoms with Gasteiger partial charge in [-0.15, -0.1) is 0 Å². The van der Waals surface area contributed by atoms with E-state index in [4.69, 9.17) is 9.47 Å². The summed E-state index contributed by atoms with van der Waals surface area (Å²) in [6.45, 7) is 8.27. The number of carboxylic acids is 1. The number of rotatable bonds is 3. The molecule has 0 radical (unpaired) electrons. The third kappa shape index (κ3) is 3.18. The van der Waals surface area contributed by atoms with Crippen LogP contribution in [0.1, 0.15) is 22.8 Å². The Hall–Kier alpha value is -1.31. The van der Waals surface area contributed by atoms with Gasteiger partial charge in [-0.1, -0.05) is 0 Å². The Morgan fingerprint density at radius 2 is 1.91 bits per heavy atom. The van der Waals surface area contributed by atoms with Crippen LogP contribution in [0, 0.1) is 6.92 Å². The highest BCUT2D eigenvalue weighted by atomic mass is 79.9. The third-order valence-corrected chi connectivity index (χ3v) is 5.00. The average molecular weight is 385 g/mol. The number of nitrogens with zero attached hydrogens (tertiary/aromatic N) is 2. The number of hydrogen-bond acceptors (Lipinski definition) is 5. The summed E-state index contributed by atoms with van der Waals surface area (Å²) >= 11 is 3.40. The van der Waals surface area contributed by atoms with Crippen molar-refractivity contribution < 1.29 is 19.4 Å². The van der Waals surface area contributed by atoms with E-state index in [1.54, 1.807) is 13.0 Å². The fraction of sp³-hybridized carbons (Fsp3) is 0.562. The first-order valence-electron chi connectivity index (χ1n) is 7.64. The van der Waals surface area contributed by atoms with Gasteiger partial charge in [0.15, 0.2) is 11.5 Å². The van der Waals surface area contributed by atoms with Gasteiger partial charge in [-0.2, -0.15) is 0 Å². The van der Waals surface area contributed by atoms with Crippen LogP contribution in [0.2, 0.25) is 0 Å². The van der Waals surface area contributed by atoms with Gasteiger partial charge in [-0.25, -0.2) is 4.79 Å². The van der Waals surface area contributed by atoms with Crippen molar-refractivity contribution in [2.24, 2.45) is 0 Å². The third-order valence-electron chi connectivity index (χ3n) is 4.41. The standard InChI is InChI=1S/C16H21BrN2O4/c1-10-11(15(20)21)8-12(17)14-13(10)22-16(2,23-14)9-19-6-4-18(3)5-7-19/h8H,4-7,9H2,1-3H3,(H,20,21). The number of hydrogen-bond donors (Lipinski definition) is 1. The molecule has 1 atom stereocenters. The Kier molecular flexibility index (Phi) is 4.29. The van der Waals surface area contributed by atoms with Gasteiger partial charge in [0.05, 0.1) is 16.6 Å². The van der Waals surface area contributed by atoms with E-state index in [1.165, 1.54) is 0 Å². The van der Waals surface area contributed by atoms with Gasteiger partial charge >= 0.3 is 5.97 Å². The maximum absolute atomic E-state index is 11.4. The zero-order valence-corrected chi connectivity index (χ0v) is 15.1. The van der Waals surface area contributed by atoms with Gasteiger partial charge in [-0.3, -0.25) is 4.90 Å². The van der Waals surface area contributed by atoms with Crippen molar-refractivity contribution in [3.8, 4) is 11.5 Å². The lowest BCUT2D eigenvalue weighted by atomic mass is 10.1. The van der Waals surface area contributed by atoms with Crippen LogP contribution >= 0.6 is 15.9 Å². The first-order chi connectivity index (χ1) is 10.8. The Bertz CT molecular complexity index is 643. The van der Waals surface area contributed by atoms with Crippen LogP contribution in [0.4, 0.5) is 0 Å². The van der Waals surface area contributed by atoms with E-state index in [-0.39, 0.29) is 5.56 Å². The number of carbonyl (C=O) groups is 1. The highest BCUT2D eigenvalue weighted by molar-refractivity contribution is 9.10. The average Bonchev–Trinajstić information content (AvgIpc) is 2.84. The van der Waals surface area contributed by atoms with Crippen molar-refractivity contribution in [3.63, 3.8) is 0 Å². The highest BCUT2D eigenvalue weighted by Crippen LogP contribution is 2.48. The van der Waals surface area contributed by atoms with Gasteiger partial charge in [0.1, 0.15) is 0 Å². The number of ether oxygens (including phenoxy) is 2. The molecule has 0 amide bonds. The maximum atomic E-state index is 11.4. The summed E-state index contributed by atoms with van der Waals surface area (Å²) in [7, 11) is 2.12. The van der Waals surface area contributed by atoms with Gasteiger partial charge in [-0.05, 0) is 36.0 Å². The molecule has 2 aliphatic heterocycles. The van der Waals surface area contributed by atoms with Crippen LogP contribution in [0.25, 0.3) is 0 Å². The fourth-order valence-electron chi connectivity index (χ4n) is 3.07. The van der Waals surface area contributed by atoms with E-state index in [0.717, 1.165) is 26.2 Å².